The van der Waals surface area contributed by atoms with Crippen LogP contribution in [0.2, 0.25) is 5.02 Å². The summed E-state index contributed by atoms with van der Waals surface area (Å²) in [4.78, 5) is 29.6. The highest BCUT2D eigenvalue weighted by atomic mass is 35.5. The van der Waals surface area contributed by atoms with Crippen molar-refractivity contribution >= 4 is 34.1 Å². The number of rotatable bonds is 3. The van der Waals surface area contributed by atoms with Crippen molar-refractivity contribution in [2.45, 2.75) is 38.1 Å². The number of carbonyl (C=O) groups is 1. The molecule has 1 fully saturated rings. The third-order valence-electron chi connectivity index (χ3n) is 5.68. The number of aromatic nitrogens is 4. The molecule has 2 aromatic heterocycles. The number of aromatic amines is 1. The number of carbonyl (C=O) groups excluding carboxylic acids is 1. The van der Waals surface area contributed by atoms with Gasteiger partial charge in [0.15, 0.2) is 5.65 Å². The Morgan fingerprint density at radius 2 is 1.87 bits per heavy atom. The molecule has 7 nitrogen and oxygen atoms in total. The van der Waals surface area contributed by atoms with E-state index in [1.807, 2.05) is 12.1 Å². The molecule has 2 heterocycles. The van der Waals surface area contributed by atoms with Crippen LogP contribution in [0.15, 0.2) is 47.3 Å². The maximum Gasteiger partial charge on any atom is 0.281 e. The zero-order valence-corrected chi connectivity index (χ0v) is 16.9. The molecule has 1 aliphatic carbocycles. The van der Waals surface area contributed by atoms with Crippen LogP contribution in [0.5, 0.6) is 0 Å². The fourth-order valence-electron chi connectivity index (χ4n) is 4.09. The highest BCUT2D eigenvalue weighted by Gasteiger charge is 2.19. The fraction of sp³-hybridized carbons (Fsp3) is 0.273. The van der Waals surface area contributed by atoms with Gasteiger partial charge in [0.2, 0.25) is 0 Å². The summed E-state index contributed by atoms with van der Waals surface area (Å²) in [6.45, 7) is 0. The van der Waals surface area contributed by atoms with Crippen LogP contribution in [-0.2, 0) is 0 Å². The van der Waals surface area contributed by atoms with Crippen LogP contribution in [0, 0.1) is 0 Å². The lowest BCUT2D eigenvalue weighted by atomic mass is 9.95. The summed E-state index contributed by atoms with van der Waals surface area (Å²) in [5.41, 5.74) is 2.45. The van der Waals surface area contributed by atoms with E-state index in [4.69, 9.17) is 11.6 Å². The average Bonchev–Trinajstić information content (AvgIpc) is 3.19. The fourth-order valence-corrected chi connectivity index (χ4v) is 4.21. The molecule has 1 aliphatic rings. The van der Waals surface area contributed by atoms with E-state index < -0.39 is 0 Å². The molecule has 2 aromatic carbocycles. The number of halogens is 1. The molecule has 0 spiro atoms. The summed E-state index contributed by atoms with van der Waals surface area (Å²) in [5.74, 6) is -0.126. The molecule has 1 saturated carbocycles. The summed E-state index contributed by atoms with van der Waals surface area (Å²) in [5, 5.41) is 11.4. The average molecular weight is 422 g/mol. The Kier molecular flexibility index (Phi) is 4.75. The smallest absolute Gasteiger partial charge is 0.281 e. The third kappa shape index (κ3) is 3.35. The lowest BCUT2D eigenvalue weighted by Gasteiger charge is -2.22. The minimum Gasteiger partial charge on any atom is -0.349 e. The van der Waals surface area contributed by atoms with Crippen molar-refractivity contribution < 1.29 is 4.79 Å². The van der Waals surface area contributed by atoms with Gasteiger partial charge in [0.25, 0.3) is 11.5 Å². The van der Waals surface area contributed by atoms with Gasteiger partial charge in [-0.3, -0.25) is 9.59 Å². The van der Waals surface area contributed by atoms with Crippen molar-refractivity contribution in [3.63, 3.8) is 0 Å². The molecule has 0 unspecified atom stereocenters. The van der Waals surface area contributed by atoms with Gasteiger partial charge >= 0.3 is 0 Å². The van der Waals surface area contributed by atoms with E-state index in [0.717, 1.165) is 31.2 Å². The van der Waals surface area contributed by atoms with Crippen molar-refractivity contribution in [2.24, 2.45) is 0 Å². The zero-order chi connectivity index (χ0) is 20.7. The molecular formula is C22H20ClN5O2. The van der Waals surface area contributed by atoms with Crippen molar-refractivity contribution in [1.29, 1.82) is 0 Å². The van der Waals surface area contributed by atoms with Crippen LogP contribution in [-0.4, -0.2) is 31.8 Å². The molecule has 152 valence electrons. The molecule has 30 heavy (non-hydrogen) atoms. The number of hydrogen-bond donors (Lipinski definition) is 2. The number of hydrogen-bond acceptors (Lipinski definition) is 4. The Bertz CT molecular complexity index is 1300. The van der Waals surface area contributed by atoms with E-state index in [2.05, 4.69) is 20.6 Å². The van der Waals surface area contributed by atoms with Crippen LogP contribution in [0.1, 0.15) is 42.5 Å². The summed E-state index contributed by atoms with van der Waals surface area (Å²) >= 11 is 5.97. The predicted molar refractivity (Wildman–Crippen MR) is 116 cm³/mol. The SMILES string of the molecule is O=C(NC1CCCCC1)c1ccc2c(=O)nc3c(-c4ccc(Cl)cc4)n[nH]n3c2c1. The zero-order valence-electron chi connectivity index (χ0n) is 16.2. The van der Waals surface area contributed by atoms with Crippen LogP contribution in [0.4, 0.5) is 0 Å². The highest BCUT2D eigenvalue weighted by molar-refractivity contribution is 6.30. The molecule has 0 aliphatic heterocycles. The van der Waals surface area contributed by atoms with Gasteiger partial charge in [-0.25, -0.2) is 9.73 Å². The van der Waals surface area contributed by atoms with Crippen molar-refractivity contribution in [2.75, 3.05) is 0 Å². The number of amides is 1. The first-order chi connectivity index (χ1) is 14.6. The second-order valence-corrected chi connectivity index (χ2v) is 8.12. The first-order valence-electron chi connectivity index (χ1n) is 10.1. The Balaban J connectivity index is 1.58. The molecule has 0 bridgehead atoms. The number of H-pyrrole nitrogens is 1. The second-order valence-electron chi connectivity index (χ2n) is 7.68. The summed E-state index contributed by atoms with van der Waals surface area (Å²) in [6.07, 6.45) is 5.54. The van der Waals surface area contributed by atoms with Crippen LogP contribution in [0.3, 0.4) is 0 Å². The topological polar surface area (TPSA) is 92.2 Å². The quantitative estimate of drug-likeness (QED) is 0.523. The maximum absolute atomic E-state index is 12.8. The van der Waals surface area contributed by atoms with Gasteiger partial charge in [-0.05, 0) is 43.2 Å². The maximum atomic E-state index is 12.8. The highest BCUT2D eigenvalue weighted by Crippen LogP contribution is 2.24. The number of nitrogens with zero attached hydrogens (tertiary/aromatic N) is 3. The predicted octanol–water partition coefficient (Wildman–Crippen LogP) is 3.95. The molecule has 0 radical (unpaired) electrons. The van der Waals surface area contributed by atoms with E-state index in [0.29, 0.717) is 32.8 Å². The minimum atomic E-state index is -0.360. The Morgan fingerprint density at radius 3 is 2.63 bits per heavy atom. The summed E-state index contributed by atoms with van der Waals surface area (Å²) in [7, 11) is 0. The second kappa shape index (κ2) is 7.57. The van der Waals surface area contributed by atoms with Gasteiger partial charge in [-0.15, -0.1) is 0 Å². The van der Waals surface area contributed by atoms with E-state index >= 15 is 0 Å². The van der Waals surface area contributed by atoms with Crippen LogP contribution < -0.4 is 10.9 Å². The first-order valence-corrected chi connectivity index (χ1v) is 10.5. The molecule has 1 amide bonds. The molecule has 0 atom stereocenters. The summed E-state index contributed by atoms with van der Waals surface area (Å²) < 4.78 is 1.64. The Morgan fingerprint density at radius 1 is 1.10 bits per heavy atom. The largest absolute Gasteiger partial charge is 0.349 e. The van der Waals surface area contributed by atoms with E-state index in [1.165, 1.54) is 6.42 Å². The van der Waals surface area contributed by atoms with Gasteiger partial charge in [0.1, 0.15) is 5.69 Å². The summed E-state index contributed by atoms with van der Waals surface area (Å²) in [6, 6.07) is 12.4. The normalized spacial score (nSPS) is 15.0. The lowest BCUT2D eigenvalue weighted by molar-refractivity contribution is 0.0928. The van der Waals surface area contributed by atoms with Crippen molar-refractivity contribution in [1.82, 2.24) is 25.1 Å². The number of nitrogens with one attached hydrogen (secondary N) is 2. The molecule has 8 heteroatoms. The molecule has 2 N–H and O–H groups in total. The molecular weight excluding hydrogens is 402 g/mol. The van der Waals surface area contributed by atoms with Gasteiger partial charge in [0, 0.05) is 22.2 Å². The van der Waals surface area contributed by atoms with Gasteiger partial charge in [0.05, 0.1) is 10.9 Å². The molecule has 0 saturated heterocycles. The van der Waals surface area contributed by atoms with Crippen LogP contribution in [0.25, 0.3) is 27.8 Å². The molecule has 4 aromatic rings. The first kappa shape index (κ1) is 18.8. The van der Waals surface area contributed by atoms with Gasteiger partial charge < -0.3 is 5.32 Å². The lowest BCUT2D eigenvalue weighted by Crippen LogP contribution is -2.36. The van der Waals surface area contributed by atoms with Gasteiger partial charge in [-0.2, -0.15) is 10.1 Å². The number of benzene rings is 2. The third-order valence-corrected chi connectivity index (χ3v) is 5.93. The van der Waals surface area contributed by atoms with E-state index in [9.17, 15) is 9.59 Å². The number of fused-ring (bicyclic) bond motifs is 3. The molecule has 5 rings (SSSR count). The van der Waals surface area contributed by atoms with E-state index in [-0.39, 0.29) is 17.5 Å². The monoisotopic (exact) mass is 421 g/mol. The van der Waals surface area contributed by atoms with Crippen LogP contribution >= 0.6 is 11.6 Å². The van der Waals surface area contributed by atoms with Gasteiger partial charge in [-0.1, -0.05) is 43.0 Å². The standard InChI is InChI=1S/C22H20ClN5O2/c23-15-9-6-13(7-10-15)19-20-25-22(30)17-11-8-14(12-18(17)28(20)27-26-19)21(29)24-16-4-2-1-3-5-16/h6-12,16,27H,1-5H2,(H,24,29). The Labute approximate surface area is 177 Å². The van der Waals surface area contributed by atoms with Crippen molar-refractivity contribution in [3.8, 4) is 11.3 Å². The minimum absolute atomic E-state index is 0.126. The van der Waals surface area contributed by atoms with E-state index in [1.54, 1.807) is 34.8 Å². The Hall–Kier alpha value is -3.19. The van der Waals surface area contributed by atoms with Crippen molar-refractivity contribution in [3.05, 3.63) is 63.4 Å².